The number of aliphatic carboxylic acids is 1. The zero-order chi connectivity index (χ0) is 10.6. The number of thioether (sulfide) groups is 1. The van der Waals surface area contributed by atoms with Gasteiger partial charge in [-0.25, -0.2) is 9.18 Å². The Morgan fingerprint density at radius 3 is 2.86 bits per heavy atom. The van der Waals surface area contributed by atoms with Gasteiger partial charge >= 0.3 is 5.97 Å². The zero-order valence-electron chi connectivity index (χ0n) is 7.37. The van der Waals surface area contributed by atoms with Crippen molar-refractivity contribution in [1.29, 1.82) is 0 Å². The molecule has 4 heteroatoms. The summed E-state index contributed by atoms with van der Waals surface area (Å²) in [5, 5.41) is 8.53. The summed E-state index contributed by atoms with van der Waals surface area (Å²) in [7, 11) is 0. The van der Waals surface area contributed by atoms with Crippen LogP contribution in [0, 0.1) is 5.82 Å². The number of carbonyl (C=O) groups is 1. The Kier molecular flexibility index (Phi) is 3.71. The lowest BCUT2D eigenvalue weighted by Crippen LogP contribution is -2.00. The highest BCUT2D eigenvalue weighted by molar-refractivity contribution is 7.99. The summed E-state index contributed by atoms with van der Waals surface area (Å²) in [6.45, 7) is 3.38. The first-order chi connectivity index (χ1) is 6.59. The maximum absolute atomic E-state index is 12.7. The summed E-state index contributed by atoms with van der Waals surface area (Å²) >= 11 is 1.25. The topological polar surface area (TPSA) is 37.3 Å². The molecule has 14 heavy (non-hydrogen) atoms. The quantitative estimate of drug-likeness (QED) is 0.615. The molecule has 0 spiro atoms. The molecule has 1 N–H and O–H groups in total. The third-order valence-corrected chi connectivity index (χ3v) is 2.59. The molecule has 74 valence electrons. The molecule has 1 rings (SSSR count). The van der Waals surface area contributed by atoms with E-state index in [0.29, 0.717) is 4.90 Å². The lowest BCUT2D eigenvalue weighted by molar-refractivity contribution is -0.132. The van der Waals surface area contributed by atoms with Crippen molar-refractivity contribution in [2.24, 2.45) is 0 Å². The molecule has 1 aromatic rings. The lowest BCUT2D eigenvalue weighted by Gasteiger charge is -2.00. The largest absolute Gasteiger partial charge is 0.478 e. The molecule has 0 amide bonds. The Balaban J connectivity index is 2.54. The number of hydrogen-bond donors (Lipinski definition) is 1. The van der Waals surface area contributed by atoms with E-state index in [4.69, 9.17) is 5.11 Å². The maximum Gasteiger partial charge on any atom is 0.331 e. The van der Waals surface area contributed by atoms with Crippen molar-refractivity contribution in [2.75, 3.05) is 5.75 Å². The second-order valence-corrected chi connectivity index (χ2v) is 3.70. The van der Waals surface area contributed by atoms with E-state index < -0.39 is 5.97 Å². The fourth-order valence-electron chi connectivity index (χ4n) is 0.789. The van der Waals surface area contributed by atoms with Gasteiger partial charge in [-0.3, -0.25) is 0 Å². The molecule has 0 saturated heterocycles. The summed E-state index contributed by atoms with van der Waals surface area (Å²) in [5.41, 5.74) is 0.110. The van der Waals surface area contributed by atoms with E-state index in [-0.39, 0.29) is 17.1 Å². The predicted octanol–water partition coefficient (Wildman–Crippen LogP) is 2.56. The minimum Gasteiger partial charge on any atom is -0.478 e. The zero-order valence-corrected chi connectivity index (χ0v) is 8.18. The monoisotopic (exact) mass is 212 g/mol. The molecule has 0 atom stereocenters. The molecule has 0 aliphatic rings. The van der Waals surface area contributed by atoms with Crippen molar-refractivity contribution in [2.45, 2.75) is 4.90 Å². The number of benzene rings is 1. The van der Waals surface area contributed by atoms with E-state index in [1.165, 1.54) is 23.9 Å². The van der Waals surface area contributed by atoms with Crippen molar-refractivity contribution in [3.63, 3.8) is 0 Å². The Labute approximate surface area is 85.4 Å². The van der Waals surface area contributed by atoms with Gasteiger partial charge in [-0.05, 0) is 18.2 Å². The minimum absolute atomic E-state index is 0.110. The summed E-state index contributed by atoms with van der Waals surface area (Å²) in [4.78, 5) is 11.1. The number of rotatable bonds is 4. The molecular formula is C10H9FO2S. The van der Waals surface area contributed by atoms with Crippen LogP contribution in [0.5, 0.6) is 0 Å². The van der Waals surface area contributed by atoms with E-state index >= 15 is 0 Å². The normalized spacial score (nSPS) is 9.79. The predicted molar refractivity (Wildman–Crippen MR) is 53.9 cm³/mol. The van der Waals surface area contributed by atoms with Gasteiger partial charge in [0, 0.05) is 16.2 Å². The van der Waals surface area contributed by atoms with E-state index in [1.54, 1.807) is 12.1 Å². The second kappa shape index (κ2) is 4.81. The van der Waals surface area contributed by atoms with Gasteiger partial charge in [0.2, 0.25) is 0 Å². The van der Waals surface area contributed by atoms with Gasteiger partial charge in [0.15, 0.2) is 0 Å². The van der Waals surface area contributed by atoms with Gasteiger partial charge < -0.3 is 5.11 Å². The van der Waals surface area contributed by atoms with Crippen LogP contribution >= 0.6 is 11.8 Å². The fraction of sp³-hybridized carbons (Fsp3) is 0.100. The standard InChI is InChI=1S/C10H9FO2S/c1-7(10(12)13)6-14-9-4-2-3-8(11)5-9/h2-5H,1,6H2,(H,12,13). The first kappa shape index (κ1) is 10.8. The molecule has 0 aromatic heterocycles. The van der Waals surface area contributed by atoms with E-state index in [0.717, 1.165) is 0 Å². The van der Waals surface area contributed by atoms with E-state index in [9.17, 15) is 9.18 Å². The van der Waals surface area contributed by atoms with Crippen molar-refractivity contribution >= 4 is 17.7 Å². The van der Waals surface area contributed by atoms with Crippen molar-refractivity contribution in [1.82, 2.24) is 0 Å². The molecule has 0 fully saturated rings. The number of halogens is 1. The molecule has 0 radical (unpaired) electrons. The molecule has 0 aliphatic heterocycles. The maximum atomic E-state index is 12.7. The number of carboxylic acid groups (broad SMARTS) is 1. The highest BCUT2D eigenvalue weighted by Gasteiger charge is 2.04. The minimum atomic E-state index is -1.02. The van der Waals surface area contributed by atoms with Gasteiger partial charge in [-0.2, -0.15) is 0 Å². The van der Waals surface area contributed by atoms with E-state index in [1.807, 2.05) is 0 Å². The molecule has 0 bridgehead atoms. The molecule has 0 saturated carbocycles. The Bertz CT molecular complexity index is 363. The van der Waals surface area contributed by atoms with Gasteiger partial charge in [0.1, 0.15) is 5.82 Å². The first-order valence-electron chi connectivity index (χ1n) is 3.89. The van der Waals surface area contributed by atoms with Crippen LogP contribution in [0.2, 0.25) is 0 Å². The summed E-state index contributed by atoms with van der Waals surface area (Å²) in [6.07, 6.45) is 0. The van der Waals surface area contributed by atoms with Crippen LogP contribution in [0.25, 0.3) is 0 Å². The smallest absolute Gasteiger partial charge is 0.331 e. The summed E-state index contributed by atoms with van der Waals surface area (Å²) < 4.78 is 12.7. The number of carboxylic acids is 1. The van der Waals surface area contributed by atoms with Crippen LogP contribution in [0.1, 0.15) is 0 Å². The number of hydrogen-bond acceptors (Lipinski definition) is 2. The molecule has 2 nitrogen and oxygen atoms in total. The SMILES string of the molecule is C=C(CSc1cccc(F)c1)C(=O)O. The summed E-state index contributed by atoms with van der Waals surface area (Å²) in [6, 6.07) is 6.01. The summed E-state index contributed by atoms with van der Waals surface area (Å²) in [5.74, 6) is -1.08. The first-order valence-corrected chi connectivity index (χ1v) is 4.87. The lowest BCUT2D eigenvalue weighted by atomic mass is 10.3. The van der Waals surface area contributed by atoms with Crippen LogP contribution in [-0.2, 0) is 4.79 Å². The third-order valence-electron chi connectivity index (χ3n) is 1.51. The van der Waals surface area contributed by atoms with Crippen LogP contribution in [0.15, 0.2) is 41.3 Å². The van der Waals surface area contributed by atoms with Gasteiger partial charge in [0.25, 0.3) is 0 Å². The van der Waals surface area contributed by atoms with Gasteiger partial charge in [0.05, 0.1) is 0 Å². The van der Waals surface area contributed by atoms with E-state index in [2.05, 4.69) is 6.58 Å². The van der Waals surface area contributed by atoms with Crippen LogP contribution in [-0.4, -0.2) is 16.8 Å². The fourth-order valence-corrected chi connectivity index (χ4v) is 1.62. The molecule has 0 heterocycles. The van der Waals surface area contributed by atoms with Gasteiger partial charge in [-0.1, -0.05) is 12.6 Å². The van der Waals surface area contributed by atoms with Crippen molar-refractivity contribution < 1.29 is 14.3 Å². The highest BCUT2D eigenvalue weighted by Crippen LogP contribution is 2.20. The van der Waals surface area contributed by atoms with Crippen molar-refractivity contribution in [3.05, 3.63) is 42.2 Å². The van der Waals surface area contributed by atoms with Gasteiger partial charge in [-0.15, -0.1) is 11.8 Å². The Morgan fingerprint density at radius 1 is 1.57 bits per heavy atom. The molecule has 1 aromatic carbocycles. The second-order valence-electron chi connectivity index (χ2n) is 2.65. The molecular weight excluding hydrogens is 203 g/mol. The van der Waals surface area contributed by atoms with Crippen LogP contribution in [0.4, 0.5) is 4.39 Å². The van der Waals surface area contributed by atoms with Crippen molar-refractivity contribution in [3.8, 4) is 0 Å². The third kappa shape index (κ3) is 3.22. The molecule has 0 aliphatic carbocycles. The average Bonchev–Trinajstić information content (AvgIpc) is 2.14. The Hall–Kier alpha value is -1.29. The average molecular weight is 212 g/mol. The van der Waals surface area contributed by atoms with Crippen LogP contribution < -0.4 is 0 Å². The Morgan fingerprint density at radius 2 is 2.29 bits per heavy atom. The highest BCUT2D eigenvalue weighted by atomic mass is 32.2. The molecule has 0 unspecified atom stereocenters. The van der Waals surface area contributed by atoms with Crippen LogP contribution in [0.3, 0.4) is 0 Å².